The molecule has 2 aromatic rings. The van der Waals surface area contributed by atoms with Crippen LogP contribution in [0.5, 0.6) is 5.75 Å². The highest BCUT2D eigenvalue weighted by Gasteiger charge is 2.03. The second-order valence-corrected chi connectivity index (χ2v) is 4.47. The second kappa shape index (κ2) is 6.73. The van der Waals surface area contributed by atoms with Crippen molar-refractivity contribution >= 4 is 17.7 Å². The van der Waals surface area contributed by atoms with E-state index in [-0.39, 0.29) is 0 Å². The summed E-state index contributed by atoms with van der Waals surface area (Å²) in [4.78, 5) is 9.78. The van der Waals surface area contributed by atoms with Gasteiger partial charge in [-0.3, -0.25) is 10.1 Å². The molecule has 0 aliphatic rings. The van der Waals surface area contributed by atoms with Crippen LogP contribution in [0.3, 0.4) is 0 Å². The van der Waals surface area contributed by atoms with E-state index in [9.17, 15) is 10.1 Å². The van der Waals surface area contributed by atoms with Crippen LogP contribution < -0.4 is 4.74 Å². The maximum absolute atomic E-state index is 10.3. The van der Waals surface area contributed by atoms with Crippen LogP contribution in [0.2, 0.25) is 5.02 Å². The van der Waals surface area contributed by atoms with Gasteiger partial charge in [-0.1, -0.05) is 48.0 Å². The Bertz CT molecular complexity index is 626. The van der Waals surface area contributed by atoms with Crippen molar-refractivity contribution in [2.75, 3.05) is 0 Å². The fraction of sp³-hybridized carbons (Fsp3) is 0.0667. The van der Waals surface area contributed by atoms with Crippen LogP contribution in [0.1, 0.15) is 11.1 Å². The number of rotatable bonds is 5. The van der Waals surface area contributed by atoms with Crippen LogP contribution in [0, 0.1) is 10.1 Å². The summed E-state index contributed by atoms with van der Waals surface area (Å²) in [7, 11) is 0. The molecule has 0 saturated carbocycles. The number of hydrogen-bond donors (Lipinski definition) is 0. The average Bonchev–Trinajstić information content (AvgIpc) is 2.46. The first-order chi connectivity index (χ1) is 9.65. The lowest BCUT2D eigenvalue weighted by Gasteiger charge is -2.08. The Kier molecular flexibility index (Phi) is 4.74. The minimum Gasteiger partial charge on any atom is -0.487 e. The maximum Gasteiger partial charge on any atom is 0.235 e. The van der Waals surface area contributed by atoms with E-state index in [0.29, 0.717) is 22.9 Å². The van der Waals surface area contributed by atoms with Gasteiger partial charge in [0.25, 0.3) is 0 Å². The van der Waals surface area contributed by atoms with Crippen LogP contribution in [0.4, 0.5) is 0 Å². The van der Waals surface area contributed by atoms with Crippen molar-refractivity contribution in [3.8, 4) is 5.75 Å². The van der Waals surface area contributed by atoms with Crippen LogP contribution in [-0.4, -0.2) is 4.92 Å². The first kappa shape index (κ1) is 14.1. The van der Waals surface area contributed by atoms with E-state index in [1.807, 2.05) is 30.3 Å². The maximum atomic E-state index is 10.3. The molecule has 0 aromatic heterocycles. The van der Waals surface area contributed by atoms with E-state index < -0.39 is 4.92 Å². The van der Waals surface area contributed by atoms with Gasteiger partial charge in [0, 0.05) is 6.08 Å². The number of ether oxygens (including phenoxy) is 1. The van der Waals surface area contributed by atoms with Crippen molar-refractivity contribution in [1.82, 2.24) is 0 Å². The van der Waals surface area contributed by atoms with Gasteiger partial charge in [-0.05, 0) is 23.3 Å². The van der Waals surface area contributed by atoms with Gasteiger partial charge in [0.2, 0.25) is 6.20 Å². The molecule has 0 N–H and O–H groups in total. The molecular weight excluding hydrogens is 278 g/mol. The van der Waals surface area contributed by atoms with Crippen molar-refractivity contribution in [2.24, 2.45) is 0 Å². The molecule has 0 fully saturated rings. The highest BCUT2D eigenvalue weighted by molar-refractivity contribution is 6.32. The summed E-state index contributed by atoms with van der Waals surface area (Å²) < 4.78 is 5.63. The largest absolute Gasteiger partial charge is 0.487 e. The Hall–Kier alpha value is -2.33. The fourth-order valence-corrected chi connectivity index (χ4v) is 1.79. The monoisotopic (exact) mass is 289 g/mol. The summed E-state index contributed by atoms with van der Waals surface area (Å²) in [5.41, 5.74) is 1.68. The molecule has 20 heavy (non-hydrogen) atoms. The molecule has 0 amide bonds. The summed E-state index contributed by atoms with van der Waals surface area (Å²) >= 11 is 6.04. The SMILES string of the molecule is O=[N+]([O-])/C=C/c1ccc(Cl)c(OCc2ccccc2)c1. The minimum absolute atomic E-state index is 0.392. The molecule has 2 aromatic carbocycles. The van der Waals surface area contributed by atoms with Crippen molar-refractivity contribution in [3.05, 3.63) is 81.0 Å². The molecule has 0 aliphatic carbocycles. The van der Waals surface area contributed by atoms with Gasteiger partial charge in [-0.15, -0.1) is 0 Å². The summed E-state index contributed by atoms with van der Waals surface area (Å²) in [6, 6.07) is 14.7. The van der Waals surface area contributed by atoms with Gasteiger partial charge < -0.3 is 4.74 Å². The molecule has 0 radical (unpaired) electrons. The Labute approximate surface area is 121 Å². The zero-order valence-corrected chi connectivity index (χ0v) is 11.3. The van der Waals surface area contributed by atoms with Gasteiger partial charge in [-0.2, -0.15) is 0 Å². The summed E-state index contributed by atoms with van der Waals surface area (Å²) in [5, 5.41) is 10.8. The summed E-state index contributed by atoms with van der Waals surface area (Å²) in [5.74, 6) is 0.501. The van der Waals surface area contributed by atoms with Gasteiger partial charge in [-0.25, -0.2) is 0 Å². The van der Waals surface area contributed by atoms with Crippen molar-refractivity contribution < 1.29 is 9.66 Å². The van der Waals surface area contributed by atoms with E-state index >= 15 is 0 Å². The Morgan fingerprint density at radius 3 is 2.65 bits per heavy atom. The molecule has 4 nitrogen and oxygen atoms in total. The first-order valence-electron chi connectivity index (χ1n) is 5.93. The average molecular weight is 290 g/mol. The zero-order chi connectivity index (χ0) is 14.4. The third-order valence-corrected chi connectivity index (χ3v) is 2.89. The lowest BCUT2D eigenvalue weighted by molar-refractivity contribution is -0.400. The third kappa shape index (κ3) is 4.10. The number of nitrogens with zero attached hydrogens (tertiary/aromatic N) is 1. The molecule has 5 heteroatoms. The van der Waals surface area contributed by atoms with Crippen molar-refractivity contribution in [1.29, 1.82) is 0 Å². The molecule has 2 rings (SSSR count). The topological polar surface area (TPSA) is 52.4 Å². The smallest absolute Gasteiger partial charge is 0.235 e. The Morgan fingerprint density at radius 2 is 1.95 bits per heavy atom. The van der Waals surface area contributed by atoms with Crippen LogP contribution in [-0.2, 0) is 6.61 Å². The molecule has 0 saturated heterocycles. The standard InChI is InChI=1S/C15H12ClNO3/c16-14-7-6-12(8-9-17(18)19)10-15(14)20-11-13-4-2-1-3-5-13/h1-10H,11H2/b9-8+. The van der Waals surface area contributed by atoms with E-state index in [0.717, 1.165) is 11.8 Å². The number of hydrogen-bond acceptors (Lipinski definition) is 3. The van der Waals surface area contributed by atoms with Crippen LogP contribution >= 0.6 is 11.6 Å². The van der Waals surface area contributed by atoms with Crippen molar-refractivity contribution in [2.45, 2.75) is 6.61 Å². The third-order valence-electron chi connectivity index (χ3n) is 2.58. The highest BCUT2D eigenvalue weighted by atomic mass is 35.5. The van der Waals surface area contributed by atoms with E-state index in [1.54, 1.807) is 18.2 Å². The number of nitro groups is 1. The fourth-order valence-electron chi connectivity index (χ4n) is 1.62. The van der Waals surface area contributed by atoms with Gasteiger partial charge in [0.1, 0.15) is 12.4 Å². The predicted molar refractivity (Wildman–Crippen MR) is 78.3 cm³/mol. The molecule has 0 aliphatic heterocycles. The molecule has 0 atom stereocenters. The van der Waals surface area contributed by atoms with Gasteiger partial charge >= 0.3 is 0 Å². The Morgan fingerprint density at radius 1 is 1.20 bits per heavy atom. The van der Waals surface area contributed by atoms with E-state index in [4.69, 9.17) is 16.3 Å². The Balaban J connectivity index is 2.10. The molecule has 0 spiro atoms. The van der Waals surface area contributed by atoms with E-state index in [1.165, 1.54) is 6.08 Å². The number of benzene rings is 2. The van der Waals surface area contributed by atoms with E-state index in [2.05, 4.69) is 0 Å². The summed E-state index contributed by atoms with van der Waals surface area (Å²) in [6.45, 7) is 0.392. The summed E-state index contributed by atoms with van der Waals surface area (Å²) in [6.07, 6.45) is 2.27. The van der Waals surface area contributed by atoms with Gasteiger partial charge in [0.15, 0.2) is 0 Å². The molecular formula is C15H12ClNO3. The molecule has 0 heterocycles. The normalized spacial score (nSPS) is 10.7. The van der Waals surface area contributed by atoms with Gasteiger partial charge in [0.05, 0.1) is 9.95 Å². The van der Waals surface area contributed by atoms with Crippen LogP contribution in [0.25, 0.3) is 6.08 Å². The predicted octanol–water partition coefficient (Wildman–Crippen LogP) is 4.17. The molecule has 0 bridgehead atoms. The lowest BCUT2D eigenvalue weighted by atomic mass is 10.2. The lowest BCUT2D eigenvalue weighted by Crippen LogP contribution is -1.96. The highest BCUT2D eigenvalue weighted by Crippen LogP contribution is 2.27. The molecule has 0 unspecified atom stereocenters. The second-order valence-electron chi connectivity index (χ2n) is 4.07. The number of halogens is 1. The quantitative estimate of drug-likeness (QED) is 0.613. The minimum atomic E-state index is -0.515. The zero-order valence-electron chi connectivity index (χ0n) is 10.5. The van der Waals surface area contributed by atoms with Crippen molar-refractivity contribution in [3.63, 3.8) is 0 Å². The first-order valence-corrected chi connectivity index (χ1v) is 6.31. The molecule has 102 valence electrons. The van der Waals surface area contributed by atoms with Crippen LogP contribution in [0.15, 0.2) is 54.7 Å².